The largest absolute Gasteiger partial charge is 0.490 e. The van der Waals surface area contributed by atoms with Crippen molar-refractivity contribution in [1.29, 1.82) is 0 Å². The van der Waals surface area contributed by atoms with Crippen LogP contribution >= 0.6 is 12.2 Å². The zero-order valence-electron chi connectivity index (χ0n) is 18.9. The monoisotopic (exact) mass is 477 g/mol. The Hall–Kier alpha value is -3.91. The van der Waals surface area contributed by atoms with Gasteiger partial charge in [0.25, 0.3) is 5.91 Å². The molecule has 3 rings (SSSR count). The fourth-order valence-electron chi connectivity index (χ4n) is 3.03. The lowest BCUT2D eigenvalue weighted by Gasteiger charge is -2.14. The number of ether oxygens (including phenoxy) is 2. The summed E-state index contributed by atoms with van der Waals surface area (Å²) in [5, 5.41) is 8.60. The first kappa shape index (κ1) is 24.7. The molecule has 3 aromatic carbocycles. The maximum atomic E-state index is 12.8. The van der Waals surface area contributed by atoms with Crippen LogP contribution in [0.4, 0.5) is 11.4 Å². The lowest BCUT2D eigenvalue weighted by atomic mass is 10.2. The highest BCUT2D eigenvalue weighted by Gasteiger charge is 2.14. The molecule has 0 aliphatic carbocycles. The Balaban J connectivity index is 1.50. The molecule has 0 radical (unpaired) electrons. The first-order valence-corrected chi connectivity index (χ1v) is 11.4. The quantitative estimate of drug-likeness (QED) is 0.281. The Labute approximate surface area is 204 Å². The fourth-order valence-corrected chi connectivity index (χ4v) is 3.24. The third-order valence-electron chi connectivity index (χ3n) is 4.62. The second kappa shape index (κ2) is 13.0. The number of thiocarbonyl (C=S) groups is 1. The van der Waals surface area contributed by atoms with Crippen LogP contribution in [0.3, 0.4) is 0 Å². The molecule has 0 unspecified atom stereocenters. The summed E-state index contributed by atoms with van der Waals surface area (Å²) in [5.41, 5.74) is 1.74. The molecule has 34 heavy (non-hydrogen) atoms. The van der Waals surface area contributed by atoms with Crippen molar-refractivity contribution in [2.24, 2.45) is 0 Å². The zero-order valence-corrected chi connectivity index (χ0v) is 19.7. The highest BCUT2D eigenvalue weighted by molar-refractivity contribution is 7.80. The molecule has 0 spiro atoms. The molecule has 0 bridgehead atoms. The Morgan fingerprint density at radius 1 is 0.794 bits per heavy atom. The Morgan fingerprint density at radius 3 is 2.12 bits per heavy atom. The molecule has 0 saturated carbocycles. The van der Waals surface area contributed by atoms with Crippen LogP contribution < -0.4 is 25.4 Å². The van der Waals surface area contributed by atoms with Gasteiger partial charge >= 0.3 is 0 Å². The van der Waals surface area contributed by atoms with Crippen LogP contribution in [0.2, 0.25) is 0 Å². The summed E-state index contributed by atoms with van der Waals surface area (Å²) in [6.45, 7) is 2.57. The van der Waals surface area contributed by atoms with Crippen molar-refractivity contribution in [3.63, 3.8) is 0 Å². The third kappa shape index (κ3) is 7.90. The molecule has 0 atom stereocenters. The highest BCUT2D eigenvalue weighted by atomic mass is 32.1. The average Bonchev–Trinajstić information content (AvgIpc) is 2.84. The molecule has 0 aliphatic rings. The van der Waals surface area contributed by atoms with E-state index >= 15 is 0 Å². The highest BCUT2D eigenvalue weighted by Crippen LogP contribution is 2.19. The number of carbonyl (C=O) groups excluding carboxylic acids is 2. The lowest BCUT2D eigenvalue weighted by Crippen LogP contribution is -2.34. The van der Waals surface area contributed by atoms with Gasteiger partial charge in [0.2, 0.25) is 5.91 Å². The number of hydrogen-bond acceptors (Lipinski definition) is 5. The zero-order chi connectivity index (χ0) is 24.2. The molecule has 0 heterocycles. The summed E-state index contributed by atoms with van der Waals surface area (Å²) in [5.74, 6) is 0.774. The van der Waals surface area contributed by atoms with E-state index in [2.05, 4.69) is 16.0 Å². The van der Waals surface area contributed by atoms with Gasteiger partial charge in [-0.15, -0.1) is 0 Å². The normalized spacial score (nSPS) is 10.1. The first-order valence-electron chi connectivity index (χ1n) is 11.0. The van der Waals surface area contributed by atoms with Gasteiger partial charge in [0.05, 0.1) is 5.56 Å². The van der Waals surface area contributed by atoms with Crippen molar-refractivity contribution in [2.75, 3.05) is 23.8 Å². The minimum atomic E-state index is -0.388. The minimum absolute atomic E-state index is 0.0292. The molecule has 3 N–H and O–H groups in total. The maximum Gasteiger partial charge on any atom is 0.261 e. The molecule has 0 saturated heterocycles. The van der Waals surface area contributed by atoms with E-state index < -0.39 is 0 Å². The molecule has 7 nitrogen and oxygen atoms in total. The van der Waals surface area contributed by atoms with E-state index in [0.717, 1.165) is 12.2 Å². The number of rotatable bonds is 10. The van der Waals surface area contributed by atoms with E-state index in [1.54, 1.807) is 48.5 Å². The summed E-state index contributed by atoms with van der Waals surface area (Å²) >= 11 is 5.28. The summed E-state index contributed by atoms with van der Waals surface area (Å²) in [6, 6.07) is 23.4. The van der Waals surface area contributed by atoms with Crippen LogP contribution in [-0.2, 0) is 4.79 Å². The average molecular weight is 478 g/mol. The van der Waals surface area contributed by atoms with Crippen LogP contribution in [0.25, 0.3) is 0 Å². The van der Waals surface area contributed by atoms with Crippen LogP contribution in [0.5, 0.6) is 11.5 Å². The number of carbonyl (C=O) groups is 2. The summed E-state index contributed by atoms with van der Waals surface area (Å²) in [6.07, 6.45) is 1.26. The van der Waals surface area contributed by atoms with Crippen LogP contribution in [-0.4, -0.2) is 30.1 Å². The van der Waals surface area contributed by atoms with E-state index in [0.29, 0.717) is 35.7 Å². The van der Waals surface area contributed by atoms with Crippen molar-refractivity contribution < 1.29 is 19.1 Å². The van der Waals surface area contributed by atoms with Crippen molar-refractivity contribution >= 4 is 40.5 Å². The smallest absolute Gasteiger partial charge is 0.261 e. The lowest BCUT2D eigenvalue weighted by molar-refractivity contribution is -0.116. The molecule has 0 aliphatic heterocycles. The van der Waals surface area contributed by atoms with Gasteiger partial charge in [-0.1, -0.05) is 37.3 Å². The van der Waals surface area contributed by atoms with Gasteiger partial charge in [0.15, 0.2) is 5.11 Å². The van der Waals surface area contributed by atoms with E-state index in [-0.39, 0.29) is 23.5 Å². The minimum Gasteiger partial charge on any atom is -0.490 e. The number of nitrogens with one attached hydrogen (secondary N) is 3. The Bertz CT molecular complexity index is 1100. The fraction of sp³-hybridized carbons (Fsp3) is 0.192. The SMILES string of the molecule is CCCC(=O)Nc1ccc(NC(=S)NC(=O)c2ccccc2OCCOc2ccccc2)cc1. The molecular formula is C26H27N3O4S. The van der Waals surface area contributed by atoms with Crippen molar-refractivity contribution in [3.8, 4) is 11.5 Å². The van der Waals surface area contributed by atoms with Gasteiger partial charge in [-0.25, -0.2) is 0 Å². The number of amides is 2. The van der Waals surface area contributed by atoms with Crippen molar-refractivity contribution in [2.45, 2.75) is 19.8 Å². The predicted octanol–water partition coefficient (Wildman–Crippen LogP) is 5.01. The molecular weight excluding hydrogens is 450 g/mol. The second-order valence-electron chi connectivity index (χ2n) is 7.29. The summed E-state index contributed by atoms with van der Waals surface area (Å²) in [7, 11) is 0. The van der Waals surface area contributed by atoms with Crippen molar-refractivity contribution in [1.82, 2.24) is 5.32 Å². The maximum absolute atomic E-state index is 12.8. The van der Waals surface area contributed by atoms with Gasteiger partial charge in [-0.3, -0.25) is 14.9 Å². The Kier molecular flexibility index (Phi) is 9.42. The topological polar surface area (TPSA) is 88.7 Å². The molecule has 0 aromatic heterocycles. The van der Waals surface area contributed by atoms with Crippen molar-refractivity contribution in [3.05, 3.63) is 84.4 Å². The summed E-state index contributed by atoms with van der Waals surface area (Å²) in [4.78, 5) is 24.5. The number of hydrogen-bond donors (Lipinski definition) is 3. The predicted molar refractivity (Wildman–Crippen MR) is 138 cm³/mol. The number of anilines is 2. The standard InChI is InChI=1S/C26H27N3O4S/c1-2-8-24(30)27-19-13-15-20(16-14-19)28-26(34)29-25(31)22-11-6-7-12-23(22)33-18-17-32-21-9-4-3-5-10-21/h3-7,9-16H,2,8,17-18H2,1H3,(H,27,30)(H2,28,29,31,34). The van der Waals surface area contributed by atoms with Gasteiger partial charge in [-0.05, 0) is 67.2 Å². The molecule has 0 fully saturated rings. The first-order chi connectivity index (χ1) is 16.5. The summed E-state index contributed by atoms with van der Waals surface area (Å²) < 4.78 is 11.4. The molecule has 3 aromatic rings. The van der Waals surface area contributed by atoms with Gasteiger partial charge < -0.3 is 20.1 Å². The second-order valence-corrected chi connectivity index (χ2v) is 7.70. The van der Waals surface area contributed by atoms with Crippen LogP contribution in [0.15, 0.2) is 78.9 Å². The van der Waals surface area contributed by atoms with E-state index in [4.69, 9.17) is 21.7 Å². The molecule has 176 valence electrons. The van der Waals surface area contributed by atoms with Gasteiger partial charge in [0.1, 0.15) is 24.7 Å². The van der Waals surface area contributed by atoms with Crippen LogP contribution in [0, 0.1) is 0 Å². The molecule has 2 amide bonds. The number of benzene rings is 3. The van der Waals surface area contributed by atoms with Gasteiger partial charge in [-0.2, -0.15) is 0 Å². The van der Waals surface area contributed by atoms with E-state index in [1.807, 2.05) is 37.3 Å². The third-order valence-corrected chi connectivity index (χ3v) is 4.82. The van der Waals surface area contributed by atoms with E-state index in [9.17, 15) is 9.59 Å². The molecule has 8 heteroatoms. The van der Waals surface area contributed by atoms with E-state index in [1.165, 1.54) is 0 Å². The van der Waals surface area contributed by atoms with Crippen LogP contribution in [0.1, 0.15) is 30.1 Å². The van der Waals surface area contributed by atoms with Gasteiger partial charge in [0, 0.05) is 17.8 Å². The Morgan fingerprint density at radius 2 is 1.41 bits per heavy atom. The number of para-hydroxylation sites is 2.